The molecular formula is C13H13N5O3. The summed E-state index contributed by atoms with van der Waals surface area (Å²) in [5, 5.41) is 21.1. The number of benzene rings is 1. The van der Waals surface area contributed by atoms with Gasteiger partial charge in [-0.15, -0.1) is 11.7 Å². The summed E-state index contributed by atoms with van der Waals surface area (Å²) in [6.45, 7) is 5.50. The lowest BCUT2D eigenvalue weighted by Gasteiger charge is -2.03. The third-order valence-electron chi connectivity index (χ3n) is 2.80. The van der Waals surface area contributed by atoms with Gasteiger partial charge in [-0.25, -0.2) is 4.68 Å². The number of non-ortho nitro benzene ring substituents is 1. The van der Waals surface area contributed by atoms with Gasteiger partial charge < -0.3 is 5.32 Å². The molecule has 0 aliphatic carbocycles. The fourth-order valence-electron chi connectivity index (χ4n) is 1.77. The van der Waals surface area contributed by atoms with Crippen LogP contribution in [0.2, 0.25) is 0 Å². The number of rotatable bonds is 5. The highest BCUT2D eigenvalue weighted by Gasteiger charge is 2.17. The van der Waals surface area contributed by atoms with E-state index >= 15 is 0 Å². The predicted molar refractivity (Wildman–Crippen MR) is 75.3 cm³/mol. The lowest BCUT2D eigenvalue weighted by Crippen LogP contribution is -2.24. The maximum Gasteiger partial charge on any atom is 0.274 e. The van der Waals surface area contributed by atoms with Gasteiger partial charge >= 0.3 is 0 Å². The van der Waals surface area contributed by atoms with Crippen LogP contribution in [0.4, 0.5) is 5.69 Å². The summed E-state index contributed by atoms with van der Waals surface area (Å²) in [6, 6.07) is 5.95. The Morgan fingerprint density at radius 1 is 1.57 bits per heavy atom. The number of carbonyl (C=O) groups excluding carboxylic acids is 1. The maximum absolute atomic E-state index is 11.9. The van der Waals surface area contributed by atoms with Gasteiger partial charge in [0, 0.05) is 18.7 Å². The lowest BCUT2D eigenvalue weighted by atomic mass is 10.2. The van der Waals surface area contributed by atoms with Crippen LogP contribution in [0.5, 0.6) is 0 Å². The zero-order valence-corrected chi connectivity index (χ0v) is 11.3. The summed E-state index contributed by atoms with van der Waals surface area (Å²) in [5.41, 5.74) is 1.08. The molecule has 0 fully saturated rings. The summed E-state index contributed by atoms with van der Waals surface area (Å²) in [6.07, 6.45) is 1.55. The molecule has 8 nitrogen and oxygen atoms in total. The highest BCUT2D eigenvalue weighted by molar-refractivity contribution is 5.93. The van der Waals surface area contributed by atoms with Crippen LogP contribution < -0.4 is 5.32 Å². The number of hydrogen-bond acceptors (Lipinski definition) is 5. The summed E-state index contributed by atoms with van der Waals surface area (Å²) in [5.74, 6) is -0.371. The summed E-state index contributed by atoms with van der Waals surface area (Å²) in [4.78, 5) is 22.2. The second kappa shape index (κ2) is 5.95. The topological polar surface area (TPSA) is 103 Å². The van der Waals surface area contributed by atoms with E-state index in [1.54, 1.807) is 25.1 Å². The molecule has 0 aliphatic heterocycles. The van der Waals surface area contributed by atoms with Crippen molar-refractivity contribution < 1.29 is 9.72 Å². The highest BCUT2D eigenvalue weighted by Crippen LogP contribution is 2.18. The van der Waals surface area contributed by atoms with E-state index in [1.165, 1.54) is 16.8 Å². The number of amides is 1. The molecule has 0 bridgehead atoms. The first kappa shape index (κ1) is 14.4. The first-order chi connectivity index (χ1) is 10.0. The summed E-state index contributed by atoms with van der Waals surface area (Å²) < 4.78 is 1.38. The number of carbonyl (C=O) groups is 1. The minimum absolute atomic E-state index is 0.0555. The minimum atomic E-state index is -0.493. The molecule has 21 heavy (non-hydrogen) atoms. The molecule has 0 saturated heterocycles. The summed E-state index contributed by atoms with van der Waals surface area (Å²) in [7, 11) is 0. The number of nitro groups is 1. The first-order valence-corrected chi connectivity index (χ1v) is 6.11. The van der Waals surface area contributed by atoms with E-state index in [1.807, 2.05) is 0 Å². The summed E-state index contributed by atoms with van der Waals surface area (Å²) >= 11 is 0. The van der Waals surface area contributed by atoms with Crippen molar-refractivity contribution in [3.8, 4) is 5.69 Å². The van der Waals surface area contributed by atoms with E-state index in [2.05, 4.69) is 22.2 Å². The molecule has 8 heteroatoms. The normalized spacial score (nSPS) is 10.1. The third kappa shape index (κ3) is 2.94. The molecule has 0 radical (unpaired) electrons. The van der Waals surface area contributed by atoms with Crippen molar-refractivity contribution in [1.82, 2.24) is 20.3 Å². The molecule has 108 valence electrons. The van der Waals surface area contributed by atoms with Crippen LogP contribution in [0.3, 0.4) is 0 Å². The van der Waals surface area contributed by atoms with Crippen LogP contribution in [0.1, 0.15) is 16.2 Å². The second-order valence-corrected chi connectivity index (χ2v) is 4.21. The van der Waals surface area contributed by atoms with E-state index in [4.69, 9.17) is 0 Å². The van der Waals surface area contributed by atoms with E-state index < -0.39 is 4.92 Å². The zero-order chi connectivity index (χ0) is 15.4. The Morgan fingerprint density at radius 2 is 2.33 bits per heavy atom. The predicted octanol–water partition coefficient (Wildman–Crippen LogP) is 1.40. The Kier molecular flexibility index (Phi) is 4.07. The van der Waals surface area contributed by atoms with Crippen molar-refractivity contribution in [3.63, 3.8) is 0 Å². The zero-order valence-electron chi connectivity index (χ0n) is 11.3. The monoisotopic (exact) mass is 287 g/mol. The number of hydrogen-bond donors (Lipinski definition) is 1. The van der Waals surface area contributed by atoms with Gasteiger partial charge in [-0.1, -0.05) is 17.4 Å². The van der Waals surface area contributed by atoms with Crippen LogP contribution in [-0.4, -0.2) is 32.4 Å². The SMILES string of the molecule is C=CCNC(=O)c1nnn(-c2cccc([N+](=O)[O-])c2)c1C. The average molecular weight is 287 g/mol. The van der Waals surface area contributed by atoms with Crippen molar-refractivity contribution in [3.05, 3.63) is 58.4 Å². The average Bonchev–Trinajstić information content (AvgIpc) is 2.86. The van der Waals surface area contributed by atoms with Crippen molar-refractivity contribution >= 4 is 11.6 Å². The first-order valence-electron chi connectivity index (χ1n) is 6.11. The van der Waals surface area contributed by atoms with Gasteiger partial charge in [0.25, 0.3) is 11.6 Å². The van der Waals surface area contributed by atoms with Gasteiger partial charge in [-0.3, -0.25) is 14.9 Å². The molecule has 1 N–H and O–H groups in total. The number of aromatic nitrogens is 3. The number of nitro benzene ring substituents is 1. The second-order valence-electron chi connectivity index (χ2n) is 4.21. The molecule has 2 aromatic rings. The van der Waals surface area contributed by atoms with Gasteiger partial charge in [0.1, 0.15) is 0 Å². The van der Waals surface area contributed by atoms with Gasteiger partial charge in [-0.2, -0.15) is 0 Å². The van der Waals surface area contributed by atoms with Crippen molar-refractivity contribution in [2.45, 2.75) is 6.92 Å². The molecule has 0 saturated carbocycles. The molecule has 0 unspecified atom stereocenters. The molecule has 0 atom stereocenters. The molecule has 2 rings (SSSR count). The number of nitrogens with one attached hydrogen (secondary N) is 1. The lowest BCUT2D eigenvalue weighted by molar-refractivity contribution is -0.384. The fourth-order valence-corrected chi connectivity index (χ4v) is 1.77. The van der Waals surface area contributed by atoms with Crippen LogP contribution in [0.15, 0.2) is 36.9 Å². The molecule has 1 aromatic heterocycles. The van der Waals surface area contributed by atoms with Gasteiger partial charge in [0.05, 0.1) is 16.3 Å². The van der Waals surface area contributed by atoms with Crippen LogP contribution in [0.25, 0.3) is 5.69 Å². The molecule has 1 heterocycles. The number of nitrogens with zero attached hydrogens (tertiary/aromatic N) is 4. The van der Waals surface area contributed by atoms with Crippen LogP contribution in [-0.2, 0) is 0 Å². The van der Waals surface area contributed by atoms with Crippen molar-refractivity contribution in [2.75, 3.05) is 6.54 Å². The van der Waals surface area contributed by atoms with E-state index in [0.29, 0.717) is 17.9 Å². The quantitative estimate of drug-likeness (QED) is 0.508. The van der Waals surface area contributed by atoms with Gasteiger partial charge in [0.2, 0.25) is 0 Å². The standard InChI is InChI=1S/C13H13N5O3/c1-3-7-14-13(19)12-9(2)17(16-15-12)10-5-4-6-11(8-10)18(20)21/h3-6,8H,1,7H2,2H3,(H,14,19). The Hall–Kier alpha value is -3.03. The van der Waals surface area contributed by atoms with Crippen molar-refractivity contribution in [2.24, 2.45) is 0 Å². The van der Waals surface area contributed by atoms with Gasteiger partial charge in [-0.05, 0) is 13.0 Å². The highest BCUT2D eigenvalue weighted by atomic mass is 16.6. The fraction of sp³-hybridized carbons (Fsp3) is 0.154. The molecule has 1 aromatic carbocycles. The van der Waals surface area contributed by atoms with Crippen LogP contribution in [0, 0.1) is 17.0 Å². The minimum Gasteiger partial charge on any atom is -0.347 e. The molecule has 1 amide bonds. The maximum atomic E-state index is 11.9. The molecular weight excluding hydrogens is 274 g/mol. The van der Waals surface area contributed by atoms with Gasteiger partial charge in [0.15, 0.2) is 5.69 Å². The Labute approximate surface area is 120 Å². The largest absolute Gasteiger partial charge is 0.347 e. The van der Waals surface area contributed by atoms with E-state index in [9.17, 15) is 14.9 Å². The smallest absolute Gasteiger partial charge is 0.274 e. The van der Waals surface area contributed by atoms with E-state index in [0.717, 1.165) is 0 Å². The molecule has 0 aliphatic rings. The Bertz CT molecular complexity index is 708. The van der Waals surface area contributed by atoms with E-state index in [-0.39, 0.29) is 17.3 Å². The Balaban J connectivity index is 2.36. The van der Waals surface area contributed by atoms with Crippen molar-refractivity contribution in [1.29, 1.82) is 0 Å². The van der Waals surface area contributed by atoms with Crippen LogP contribution >= 0.6 is 0 Å². The molecule has 0 spiro atoms. The Morgan fingerprint density at radius 3 is 3.00 bits per heavy atom. The third-order valence-corrected chi connectivity index (χ3v) is 2.80.